The molecule has 1 saturated heterocycles. The number of carbonyl (C=O) groups is 2. The van der Waals surface area contributed by atoms with E-state index in [0.29, 0.717) is 16.9 Å². The fraction of sp³-hybridized carbons (Fsp3) is 0.304. The van der Waals surface area contributed by atoms with Gasteiger partial charge < -0.3 is 19.8 Å². The van der Waals surface area contributed by atoms with Crippen LogP contribution in [-0.2, 0) is 9.53 Å². The summed E-state index contributed by atoms with van der Waals surface area (Å²) in [5, 5.41) is 30.3. The van der Waals surface area contributed by atoms with Gasteiger partial charge in [-0.3, -0.25) is 15.0 Å². The summed E-state index contributed by atoms with van der Waals surface area (Å²) in [5.41, 5.74) is 1.42. The van der Waals surface area contributed by atoms with Crippen LogP contribution in [0.4, 0.5) is 21.9 Å². The first kappa shape index (κ1) is 25.4. The molecule has 0 aliphatic carbocycles. The molecule has 2 aromatic carbocycles. The van der Waals surface area contributed by atoms with E-state index in [1.165, 1.54) is 4.90 Å². The zero-order valence-electron chi connectivity index (χ0n) is 18.7. The van der Waals surface area contributed by atoms with Gasteiger partial charge in [-0.2, -0.15) is 5.26 Å². The molecular weight excluding hydrogens is 480 g/mol. The normalized spacial score (nSPS) is 15.8. The molecule has 2 amide bonds. The Morgan fingerprint density at radius 1 is 1.29 bits per heavy atom. The number of hydrogen-bond donors (Lipinski definition) is 3. The van der Waals surface area contributed by atoms with Gasteiger partial charge in [0.15, 0.2) is 5.11 Å². The Balaban J connectivity index is 1.92. The van der Waals surface area contributed by atoms with Gasteiger partial charge in [0.05, 0.1) is 34.6 Å². The van der Waals surface area contributed by atoms with Crippen LogP contribution in [-0.4, -0.2) is 52.2 Å². The molecule has 1 fully saturated rings. The lowest BCUT2D eigenvalue weighted by atomic mass is 10.0. The SMILES string of the molecule is Cc1cc(N2C(=O)C(C)(C)N(c3ccc(Cl)c(NC(=O)OCC(O)CO)c3)C2=S)ccc1C#N. The van der Waals surface area contributed by atoms with E-state index < -0.39 is 30.9 Å². The van der Waals surface area contributed by atoms with E-state index in [4.69, 9.17) is 33.7 Å². The number of nitrogens with zero attached hydrogens (tertiary/aromatic N) is 3. The van der Waals surface area contributed by atoms with Crippen molar-refractivity contribution in [2.45, 2.75) is 32.4 Å². The maximum Gasteiger partial charge on any atom is 0.411 e. The minimum atomic E-state index is -1.20. The highest BCUT2D eigenvalue weighted by atomic mass is 35.5. The van der Waals surface area contributed by atoms with E-state index in [-0.39, 0.29) is 21.7 Å². The first-order valence-electron chi connectivity index (χ1n) is 10.2. The number of thiocarbonyl (C=S) groups is 1. The van der Waals surface area contributed by atoms with Gasteiger partial charge in [0.1, 0.15) is 18.2 Å². The van der Waals surface area contributed by atoms with Crippen LogP contribution in [0.1, 0.15) is 25.0 Å². The van der Waals surface area contributed by atoms with E-state index in [9.17, 15) is 20.0 Å². The first-order chi connectivity index (χ1) is 16.0. The monoisotopic (exact) mass is 502 g/mol. The molecule has 0 radical (unpaired) electrons. The van der Waals surface area contributed by atoms with Gasteiger partial charge in [-0.25, -0.2) is 4.79 Å². The molecule has 178 valence electrons. The highest BCUT2D eigenvalue weighted by molar-refractivity contribution is 7.81. The summed E-state index contributed by atoms with van der Waals surface area (Å²) in [7, 11) is 0. The molecule has 3 N–H and O–H groups in total. The molecule has 0 bridgehead atoms. The Kier molecular flexibility index (Phi) is 7.43. The van der Waals surface area contributed by atoms with Crippen molar-refractivity contribution in [3.63, 3.8) is 0 Å². The van der Waals surface area contributed by atoms with E-state index >= 15 is 0 Å². The van der Waals surface area contributed by atoms with Gasteiger partial charge in [-0.05, 0) is 75.0 Å². The van der Waals surface area contributed by atoms with E-state index in [1.807, 2.05) is 0 Å². The molecule has 1 atom stereocenters. The number of hydrogen-bond acceptors (Lipinski definition) is 7. The van der Waals surface area contributed by atoms with Crippen molar-refractivity contribution in [2.24, 2.45) is 0 Å². The molecule has 34 heavy (non-hydrogen) atoms. The molecule has 1 heterocycles. The van der Waals surface area contributed by atoms with E-state index in [2.05, 4.69) is 11.4 Å². The molecular formula is C23H23ClN4O5S. The Labute approximate surface area is 207 Å². The standard InChI is InChI=1S/C23H23ClN4O5S/c1-13-8-15(5-4-14(13)10-25)27-20(31)23(2,3)28(22(27)34)16-6-7-18(24)19(9-16)26-21(32)33-12-17(30)11-29/h4-9,17,29-30H,11-12H2,1-3H3,(H,26,32). The predicted molar refractivity (Wildman–Crippen MR) is 132 cm³/mol. The highest BCUT2D eigenvalue weighted by Crippen LogP contribution is 2.39. The van der Waals surface area contributed by atoms with Crippen LogP contribution in [0.2, 0.25) is 5.02 Å². The fourth-order valence-electron chi connectivity index (χ4n) is 3.49. The van der Waals surface area contributed by atoms with Crippen molar-refractivity contribution in [2.75, 3.05) is 28.3 Å². The smallest absolute Gasteiger partial charge is 0.411 e. The number of nitrogens with one attached hydrogen (secondary N) is 1. The van der Waals surface area contributed by atoms with Crippen LogP contribution in [0.5, 0.6) is 0 Å². The van der Waals surface area contributed by atoms with Crippen LogP contribution in [0, 0.1) is 18.3 Å². The molecule has 3 rings (SSSR count). The summed E-state index contributed by atoms with van der Waals surface area (Å²) in [6.07, 6.45) is -2.07. The van der Waals surface area contributed by atoms with E-state index in [1.54, 1.807) is 62.1 Å². The van der Waals surface area contributed by atoms with Gasteiger partial charge in [-0.15, -0.1) is 0 Å². The van der Waals surface area contributed by atoms with Crippen molar-refractivity contribution in [3.05, 3.63) is 52.5 Å². The number of aliphatic hydroxyl groups is 2. The van der Waals surface area contributed by atoms with Gasteiger partial charge in [-0.1, -0.05) is 11.6 Å². The third-order valence-electron chi connectivity index (χ3n) is 5.32. The van der Waals surface area contributed by atoms with Gasteiger partial charge in [0.25, 0.3) is 5.91 Å². The molecule has 1 aliphatic rings. The zero-order chi connectivity index (χ0) is 25.2. The summed E-state index contributed by atoms with van der Waals surface area (Å²) in [4.78, 5) is 28.5. The Hall–Kier alpha value is -3.23. The molecule has 0 aromatic heterocycles. The number of nitriles is 1. The molecule has 1 unspecified atom stereocenters. The second kappa shape index (κ2) is 9.95. The number of halogens is 1. The number of aliphatic hydroxyl groups excluding tert-OH is 2. The topological polar surface area (TPSA) is 126 Å². The quantitative estimate of drug-likeness (QED) is 0.513. The van der Waals surface area contributed by atoms with Crippen LogP contribution < -0.4 is 15.1 Å². The third-order valence-corrected chi connectivity index (χ3v) is 6.01. The summed E-state index contributed by atoms with van der Waals surface area (Å²) in [5.74, 6) is -0.261. The van der Waals surface area contributed by atoms with Crippen molar-refractivity contribution < 1.29 is 24.5 Å². The largest absolute Gasteiger partial charge is 0.446 e. The molecule has 0 saturated carbocycles. The molecule has 11 heteroatoms. The molecule has 1 aliphatic heterocycles. The number of ether oxygens (including phenoxy) is 1. The number of benzene rings is 2. The van der Waals surface area contributed by atoms with Crippen LogP contribution in [0.25, 0.3) is 0 Å². The third kappa shape index (κ3) is 4.83. The van der Waals surface area contributed by atoms with Crippen molar-refractivity contribution in [1.82, 2.24) is 0 Å². The Bertz CT molecular complexity index is 1200. The van der Waals surface area contributed by atoms with Gasteiger partial charge in [0.2, 0.25) is 0 Å². The van der Waals surface area contributed by atoms with Crippen LogP contribution in [0.3, 0.4) is 0 Å². The molecule has 2 aromatic rings. The lowest BCUT2D eigenvalue weighted by Gasteiger charge is -2.30. The molecule has 0 spiro atoms. The highest BCUT2D eigenvalue weighted by Gasteiger charge is 2.50. The number of amides is 2. The number of anilines is 3. The van der Waals surface area contributed by atoms with Crippen molar-refractivity contribution in [3.8, 4) is 6.07 Å². The maximum atomic E-state index is 13.4. The number of aryl methyl sites for hydroxylation is 1. The summed E-state index contributed by atoms with van der Waals surface area (Å²) in [6, 6.07) is 11.9. The number of carbonyl (C=O) groups excluding carboxylic acids is 2. The van der Waals surface area contributed by atoms with Crippen LogP contribution >= 0.6 is 23.8 Å². The van der Waals surface area contributed by atoms with Crippen molar-refractivity contribution >= 4 is 58.0 Å². The lowest BCUT2D eigenvalue weighted by Crippen LogP contribution is -2.44. The average Bonchev–Trinajstić information content (AvgIpc) is 2.97. The summed E-state index contributed by atoms with van der Waals surface area (Å²) >= 11 is 11.9. The summed E-state index contributed by atoms with van der Waals surface area (Å²) < 4.78 is 4.86. The maximum absolute atomic E-state index is 13.4. The first-order valence-corrected chi connectivity index (χ1v) is 11.0. The second-order valence-corrected chi connectivity index (χ2v) is 8.92. The lowest BCUT2D eigenvalue weighted by molar-refractivity contribution is -0.120. The Morgan fingerprint density at radius 2 is 1.97 bits per heavy atom. The number of rotatable bonds is 6. The predicted octanol–water partition coefficient (Wildman–Crippen LogP) is 3.34. The van der Waals surface area contributed by atoms with Crippen molar-refractivity contribution in [1.29, 1.82) is 5.26 Å². The molecule has 9 nitrogen and oxygen atoms in total. The minimum Gasteiger partial charge on any atom is -0.446 e. The second-order valence-electron chi connectivity index (χ2n) is 8.15. The minimum absolute atomic E-state index is 0.210. The fourth-order valence-corrected chi connectivity index (χ4v) is 4.17. The summed E-state index contributed by atoms with van der Waals surface area (Å²) in [6.45, 7) is 4.30. The average molecular weight is 503 g/mol. The van der Waals surface area contributed by atoms with Crippen LogP contribution in [0.15, 0.2) is 36.4 Å². The van der Waals surface area contributed by atoms with E-state index in [0.717, 1.165) is 5.56 Å². The zero-order valence-corrected chi connectivity index (χ0v) is 20.3. The van der Waals surface area contributed by atoms with Gasteiger partial charge >= 0.3 is 6.09 Å². The van der Waals surface area contributed by atoms with Gasteiger partial charge in [0, 0.05) is 5.69 Å². The Morgan fingerprint density at radius 3 is 2.59 bits per heavy atom.